The molecule has 1 saturated heterocycles. The number of nitrogens with zero attached hydrogens (tertiary/aromatic N) is 2. The van der Waals surface area contributed by atoms with Gasteiger partial charge in [0.2, 0.25) is 6.20 Å². The zero-order chi connectivity index (χ0) is 13.8. The third kappa shape index (κ3) is 5.16. The molecule has 0 aromatic rings. The lowest BCUT2D eigenvalue weighted by Crippen LogP contribution is -2.41. The summed E-state index contributed by atoms with van der Waals surface area (Å²) >= 11 is 0. The highest BCUT2D eigenvalue weighted by Gasteiger charge is 2.26. The summed E-state index contributed by atoms with van der Waals surface area (Å²) in [6, 6.07) is 0. The molecule has 0 saturated carbocycles. The van der Waals surface area contributed by atoms with Gasteiger partial charge in [-0.3, -0.25) is 10.1 Å². The number of ether oxygens (including phenoxy) is 1. The fraction of sp³-hybridized carbons (Fsp3) is 0.750. The molecule has 1 heterocycles. The zero-order valence-corrected chi connectivity index (χ0v) is 11.1. The number of hydrogen-bond donors (Lipinski definition) is 0. The highest BCUT2D eigenvalue weighted by Crippen LogP contribution is 2.20. The van der Waals surface area contributed by atoms with Gasteiger partial charge in [0.15, 0.2) is 0 Å². The molecule has 0 aliphatic carbocycles. The van der Waals surface area contributed by atoms with E-state index in [1.165, 1.54) is 0 Å². The maximum Gasteiger partial charge on any atom is 0.410 e. The van der Waals surface area contributed by atoms with E-state index in [-0.39, 0.29) is 12.0 Å². The Morgan fingerprint density at radius 1 is 1.39 bits per heavy atom. The van der Waals surface area contributed by atoms with E-state index in [0.29, 0.717) is 13.1 Å². The van der Waals surface area contributed by atoms with Crippen LogP contribution in [0.3, 0.4) is 0 Å². The van der Waals surface area contributed by atoms with Gasteiger partial charge in [0.05, 0.1) is 4.92 Å². The number of carbonyl (C=O) groups excluding carboxylic acids is 1. The first kappa shape index (κ1) is 14.5. The second-order valence-corrected chi connectivity index (χ2v) is 5.43. The standard InChI is InChI=1S/C12H20N2O4/c1-12(2,3)18-11(15)13-7-4-10(5-8-13)6-9-14(16)17/h6,9-10H,4-5,7-8H2,1-3H3. The Morgan fingerprint density at radius 2 is 1.94 bits per heavy atom. The molecule has 0 atom stereocenters. The molecule has 0 radical (unpaired) electrons. The topological polar surface area (TPSA) is 72.7 Å². The first-order chi connectivity index (χ1) is 8.28. The third-order valence-electron chi connectivity index (χ3n) is 2.67. The molecule has 102 valence electrons. The van der Waals surface area contributed by atoms with Crippen molar-refractivity contribution < 1.29 is 14.5 Å². The van der Waals surface area contributed by atoms with Crippen LogP contribution in [0.1, 0.15) is 33.6 Å². The van der Waals surface area contributed by atoms with Gasteiger partial charge in [-0.1, -0.05) is 0 Å². The molecule has 0 bridgehead atoms. The maximum absolute atomic E-state index is 11.8. The Morgan fingerprint density at radius 3 is 2.39 bits per heavy atom. The lowest BCUT2D eigenvalue weighted by atomic mass is 9.97. The second-order valence-electron chi connectivity index (χ2n) is 5.43. The molecule has 1 fully saturated rings. The first-order valence-corrected chi connectivity index (χ1v) is 6.07. The van der Waals surface area contributed by atoms with Gasteiger partial charge in [0, 0.05) is 13.1 Å². The van der Waals surface area contributed by atoms with E-state index in [2.05, 4.69) is 0 Å². The van der Waals surface area contributed by atoms with Crippen LogP contribution in [0.25, 0.3) is 0 Å². The van der Waals surface area contributed by atoms with E-state index in [1.807, 2.05) is 20.8 Å². The Hall–Kier alpha value is -1.59. The molecule has 0 aromatic carbocycles. The number of allylic oxidation sites excluding steroid dienone is 1. The molecule has 18 heavy (non-hydrogen) atoms. The van der Waals surface area contributed by atoms with E-state index < -0.39 is 10.5 Å². The fourth-order valence-electron chi connectivity index (χ4n) is 1.79. The fourth-order valence-corrected chi connectivity index (χ4v) is 1.79. The van der Waals surface area contributed by atoms with Gasteiger partial charge in [-0.2, -0.15) is 0 Å². The van der Waals surface area contributed by atoms with Crippen molar-refractivity contribution in [1.82, 2.24) is 4.90 Å². The van der Waals surface area contributed by atoms with E-state index in [0.717, 1.165) is 19.0 Å². The van der Waals surface area contributed by atoms with Crippen molar-refractivity contribution >= 4 is 6.09 Å². The predicted octanol–water partition coefficient (Wildman–Crippen LogP) is 2.42. The lowest BCUT2D eigenvalue weighted by Gasteiger charge is -2.32. The van der Waals surface area contributed by atoms with Crippen LogP contribution in [-0.2, 0) is 4.74 Å². The van der Waals surface area contributed by atoms with Crippen LogP contribution in [-0.4, -0.2) is 34.6 Å². The van der Waals surface area contributed by atoms with Crippen molar-refractivity contribution in [2.45, 2.75) is 39.2 Å². The first-order valence-electron chi connectivity index (χ1n) is 6.07. The Kier molecular flexibility index (Phi) is 4.69. The summed E-state index contributed by atoms with van der Waals surface area (Å²) in [5.74, 6) is 0.175. The van der Waals surface area contributed by atoms with Crippen LogP contribution in [0.2, 0.25) is 0 Å². The summed E-state index contributed by atoms with van der Waals surface area (Å²) in [6.45, 7) is 6.66. The van der Waals surface area contributed by atoms with Crippen molar-refractivity contribution in [2.24, 2.45) is 5.92 Å². The van der Waals surface area contributed by atoms with E-state index >= 15 is 0 Å². The summed E-state index contributed by atoms with van der Waals surface area (Å²) in [5.41, 5.74) is -0.487. The molecule has 0 unspecified atom stereocenters. The lowest BCUT2D eigenvalue weighted by molar-refractivity contribution is -0.402. The minimum atomic E-state index is -0.487. The summed E-state index contributed by atoms with van der Waals surface area (Å²) in [5, 5.41) is 10.2. The van der Waals surface area contributed by atoms with Gasteiger partial charge in [-0.25, -0.2) is 4.79 Å². The van der Waals surface area contributed by atoms with Crippen LogP contribution in [0.15, 0.2) is 12.3 Å². The van der Waals surface area contributed by atoms with Crippen LogP contribution in [0.4, 0.5) is 4.79 Å². The van der Waals surface area contributed by atoms with E-state index in [1.54, 1.807) is 11.0 Å². The zero-order valence-electron chi connectivity index (χ0n) is 11.1. The summed E-state index contributed by atoms with van der Waals surface area (Å²) in [7, 11) is 0. The molecule has 1 aliphatic rings. The minimum absolute atomic E-state index is 0.175. The summed E-state index contributed by atoms with van der Waals surface area (Å²) in [4.78, 5) is 23.2. The Labute approximate surface area is 107 Å². The van der Waals surface area contributed by atoms with Crippen LogP contribution in [0.5, 0.6) is 0 Å². The van der Waals surface area contributed by atoms with Crippen molar-refractivity contribution in [3.63, 3.8) is 0 Å². The Balaban J connectivity index is 2.39. The summed E-state index contributed by atoms with van der Waals surface area (Å²) < 4.78 is 5.27. The van der Waals surface area contributed by atoms with Gasteiger partial charge in [0.25, 0.3) is 0 Å². The highest BCUT2D eigenvalue weighted by molar-refractivity contribution is 5.68. The van der Waals surface area contributed by atoms with Crippen LogP contribution < -0.4 is 0 Å². The Bertz CT molecular complexity index is 338. The van der Waals surface area contributed by atoms with Gasteiger partial charge in [-0.05, 0) is 45.6 Å². The van der Waals surface area contributed by atoms with Gasteiger partial charge in [0.1, 0.15) is 5.60 Å². The average Bonchev–Trinajstić information content (AvgIpc) is 2.24. The smallest absolute Gasteiger partial charge is 0.410 e. The quantitative estimate of drug-likeness (QED) is 0.562. The molecule has 1 aliphatic heterocycles. The molecule has 0 spiro atoms. The normalized spacial score (nSPS) is 18.1. The maximum atomic E-state index is 11.8. The SMILES string of the molecule is CC(C)(C)OC(=O)N1CCC(C=C[N+](=O)[O-])CC1. The van der Waals surface area contributed by atoms with Crippen molar-refractivity contribution in [3.8, 4) is 0 Å². The molecular weight excluding hydrogens is 236 g/mol. The van der Waals surface area contributed by atoms with E-state index in [9.17, 15) is 14.9 Å². The summed E-state index contributed by atoms with van der Waals surface area (Å²) in [6.07, 6.45) is 3.76. The molecule has 0 N–H and O–H groups in total. The molecule has 1 amide bonds. The largest absolute Gasteiger partial charge is 0.444 e. The van der Waals surface area contributed by atoms with Crippen molar-refractivity contribution in [2.75, 3.05) is 13.1 Å². The monoisotopic (exact) mass is 256 g/mol. The van der Waals surface area contributed by atoms with Crippen molar-refractivity contribution in [3.05, 3.63) is 22.4 Å². The molecule has 0 aromatic heterocycles. The minimum Gasteiger partial charge on any atom is -0.444 e. The molecule has 1 rings (SSSR count). The predicted molar refractivity (Wildman–Crippen MR) is 66.7 cm³/mol. The number of nitro groups is 1. The molecular formula is C12H20N2O4. The van der Waals surface area contributed by atoms with Crippen LogP contribution in [0, 0.1) is 16.0 Å². The average molecular weight is 256 g/mol. The van der Waals surface area contributed by atoms with Gasteiger partial charge in [-0.15, -0.1) is 0 Å². The van der Waals surface area contributed by atoms with Crippen molar-refractivity contribution in [1.29, 1.82) is 0 Å². The highest BCUT2D eigenvalue weighted by atomic mass is 16.6. The number of likely N-dealkylation sites (tertiary alicyclic amines) is 1. The van der Waals surface area contributed by atoms with Crippen LogP contribution >= 0.6 is 0 Å². The number of carbonyl (C=O) groups is 1. The second kappa shape index (κ2) is 5.84. The number of rotatable bonds is 2. The number of amides is 1. The third-order valence-corrected chi connectivity index (χ3v) is 2.67. The number of piperidine rings is 1. The van der Waals surface area contributed by atoms with Gasteiger partial charge < -0.3 is 9.64 Å². The van der Waals surface area contributed by atoms with Gasteiger partial charge >= 0.3 is 6.09 Å². The van der Waals surface area contributed by atoms with E-state index in [4.69, 9.17) is 4.74 Å². The number of hydrogen-bond acceptors (Lipinski definition) is 4. The molecule has 6 heteroatoms. The molecule has 6 nitrogen and oxygen atoms in total.